The maximum Gasteiger partial charge on any atom is 0.122 e. The van der Waals surface area contributed by atoms with Gasteiger partial charge in [0.05, 0.1) is 17.1 Å². The average molecular weight is 347 g/mol. The molecule has 3 heterocycles. The smallest absolute Gasteiger partial charge is 0.122 e. The Bertz CT molecular complexity index is 590. The maximum absolute atomic E-state index is 4.69. The molecule has 0 atom stereocenters. The number of aromatic nitrogens is 2. The fourth-order valence-corrected chi connectivity index (χ4v) is 3.47. The molecule has 4 heteroatoms. The molecule has 0 aromatic carbocycles. The summed E-state index contributed by atoms with van der Waals surface area (Å²) in [6.07, 6.45) is 5.65. The Balaban J connectivity index is 1.99. The van der Waals surface area contributed by atoms with E-state index in [9.17, 15) is 0 Å². The summed E-state index contributed by atoms with van der Waals surface area (Å²) in [5.41, 5.74) is 2.80. The van der Waals surface area contributed by atoms with Gasteiger partial charge in [-0.25, -0.2) is 4.99 Å². The van der Waals surface area contributed by atoms with E-state index in [2.05, 4.69) is 20.1 Å². The van der Waals surface area contributed by atoms with Crippen LogP contribution in [-0.4, -0.2) is 17.7 Å². The molecule has 0 bridgehead atoms. The van der Waals surface area contributed by atoms with Gasteiger partial charge in [0.25, 0.3) is 0 Å². The van der Waals surface area contributed by atoms with Crippen molar-refractivity contribution < 1.29 is 0 Å². The lowest BCUT2D eigenvalue weighted by molar-refractivity contribution is 1.25. The van der Waals surface area contributed by atoms with Crippen molar-refractivity contribution in [2.75, 3.05) is 0 Å². The topological polar surface area (TPSA) is 38.1 Å². The molecule has 3 nitrogen and oxygen atoms in total. The third kappa shape index (κ3) is 2.43. The van der Waals surface area contributed by atoms with E-state index < -0.39 is 0 Å². The number of hydrogen-bond acceptors (Lipinski definition) is 3. The number of hydrogen-bond donors (Lipinski definition) is 0. The first-order valence-electron chi connectivity index (χ1n) is 5.52. The minimum atomic E-state index is -0.191. The van der Waals surface area contributed by atoms with E-state index >= 15 is 0 Å². The molecule has 0 unspecified atom stereocenters. The second kappa shape index (κ2) is 5.30. The minimum Gasteiger partial charge on any atom is -0.255 e. The second-order valence-electron chi connectivity index (χ2n) is 3.62. The molecule has 1 aliphatic heterocycles. The molecule has 2 aromatic heterocycles. The van der Waals surface area contributed by atoms with Crippen molar-refractivity contribution >= 4 is 34.2 Å². The van der Waals surface area contributed by atoms with Gasteiger partial charge in [-0.15, -0.1) is 0 Å². The monoisotopic (exact) mass is 347 g/mol. The van der Waals surface area contributed by atoms with Gasteiger partial charge in [0, 0.05) is 12.4 Å². The SMILES string of the molecule is C1=IC(c2ccccn2)=NC(c2ccccn2)=C1. The summed E-state index contributed by atoms with van der Waals surface area (Å²) in [5, 5.41) is 0. The van der Waals surface area contributed by atoms with Gasteiger partial charge in [0.1, 0.15) is 3.72 Å². The normalized spacial score (nSPS) is 14.4. The fourth-order valence-electron chi connectivity index (χ4n) is 1.57. The zero-order valence-electron chi connectivity index (χ0n) is 9.49. The largest absolute Gasteiger partial charge is 0.255 e. The van der Waals surface area contributed by atoms with E-state index in [1.54, 1.807) is 12.4 Å². The summed E-state index contributed by atoms with van der Waals surface area (Å²) >= 11 is -0.191. The first-order valence-corrected chi connectivity index (χ1v) is 7.84. The van der Waals surface area contributed by atoms with Gasteiger partial charge in [-0.05, 0) is 34.4 Å². The van der Waals surface area contributed by atoms with E-state index in [0.29, 0.717) is 0 Å². The molecule has 88 valence electrons. The number of halogens is 1. The van der Waals surface area contributed by atoms with Crippen LogP contribution in [0.25, 0.3) is 5.70 Å². The maximum atomic E-state index is 4.69. The third-order valence-corrected chi connectivity index (χ3v) is 4.51. The van der Waals surface area contributed by atoms with Crippen molar-refractivity contribution in [2.24, 2.45) is 4.99 Å². The molecule has 0 aliphatic carbocycles. The van der Waals surface area contributed by atoms with Crippen LogP contribution in [0.1, 0.15) is 11.4 Å². The number of allylic oxidation sites excluding steroid dienone is 1. The lowest BCUT2D eigenvalue weighted by atomic mass is 10.2. The van der Waals surface area contributed by atoms with Crippen molar-refractivity contribution in [1.82, 2.24) is 9.97 Å². The first-order chi connectivity index (χ1) is 8.93. The zero-order chi connectivity index (χ0) is 12.2. The second-order valence-corrected chi connectivity index (χ2v) is 5.98. The molecule has 0 radical (unpaired) electrons. The molecular weight excluding hydrogens is 337 g/mol. The van der Waals surface area contributed by atoms with E-state index in [1.807, 2.05) is 36.4 Å². The van der Waals surface area contributed by atoms with Gasteiger partial charge in [-0.3, -0.25) is 9.97 Å². The van der Waals surface area contributed by atoms with Crippen molar-refractivity contribution in [3.63, 3.8) is 0 Å². The summed E-state index contributed by atoms with van der Waals surface area (Å²) in [6, 6.07) is 11.8. The van der Waals surface area contributed by atoms with Crippen LogP contribution in [0.2, 0.25) is 0 Å². The first kappa shape index (κ1) is 11.4. The van der Waals surface area contributed by atoms with Crippen LogP contribution in [0.4, 0.5) is 0 Å². The third-order valence-electron chi connectivity index (χ3n) is 2.41. The van der Waals surface area contributed by atoms with Crippen LogP contribution in [0, 0.1) is 0 Å². The number of pyridine rings is 2. The van der Waals surface area contributed by atoms with Gasteiger partial charge in [-0.2, -0.15) is 0 Å². The predicted octanol–water partition coefficient (Wildman–Crippen LogP) is 3.05. The van der Waals surface area contributed by atoms with Crippen LogP contribution in [-0.2, 0) is 0 Å². The summed E-state index contributed by atoms with van der Waals surface area (Å²) in [5.74, 6) is 0. The highest BCUT2D eigenvalue weighted by atomic mass is 127. The van der Waals surface area contributed by atoms with Crippen LogP contribution >= 0.6 is 20.7 Å². The summed E-state index contributed by atoms with van der Waals surface area (Å²) in [4.78, 5) is 13.4. The lowest BCUT2D eigenvalue weighted by Gasteiger charge is -2.06. The number of rotatable bonds is 2. The molecule has 2 aromatic rings. The van der Waals surface area contributed by atoms with Gasteiger partial charge in [-0.1, -0.05) is 32.9 Å². The molecule has 0 saturated heterocycles. The highest BCUT2D eigenvalue weighted by molar-refractivity contribution is 14.2. The van der Waals surface area contributed by atoms with Crippen LogP contribution in [0.15, 0.2) is 59.9 Å². The van der Waals surface area contributed by atoms with Crippen molar-refractivity contribution in [2.45, 2.75) is 0 Å². The molecule has 0 N–H and O–H groups in total. The molecule has 0 amide bonds. The van der Waals surface area contributed by atoms with E-state index in [4.69, 9.17) is 4.99 Å². The average Bonchev–Trinajstić information content (AvgIpc) is 2.49. The Labute approximate surface area is 115 Å². The van der Waals surface area contributed by atoms with E-state index in [0.717, 1.165) is 20.8 Å². The summed E-state index contributed by atoms with van der Waals surface area (Å²) < 4.78 is 3.30. The van der Waals surface area contributed by atoms with Gasteiger partial charge < -0.3 is 0 Å². The van der Waals surface area contributed by atoms with Crippen molar-refractivity contribution in [1.29, 1.82) is 0 Å². The highest BCUT2D eigenvalue weighted by Crippen LogP contribution is 2.22. The minimum absolute atomic E-state index is 0.191. The standard InChI is InChI=1S/C14H10IN3/c1-3-9-16-11(5-1)12-7-8-15-14(18-12)13-6-2-4-10-17-13/h1-10H. The zero-order valence-corrected chi connectivity index (χ0v) is 11.7. The van der Waals surface area contributed by atoms with Crippen LogP contribution in [0.3, 0.4) is 0 Å². The van der Waals surface area contributed by atoms with Gasteiger partial charge in [0.2, 0.25) is 0 Å². The highest BCUT2D eigenvalue weighted by Gasteiger charge is 2.08. The molecule has 0 saturated carbocycles. The fraction of sp³-hybridized carbons (Fsp3) is 0. The number of aliphatic imine (C=N–C) groups is 1. The summed E-state index contributed by atoms with van der Waals surface area (Å²) in [6.45, 7) is 0. The van der Waals surface area contributed by atoms with Crippen LogP contribution < -0.4 is 0 Å². The van der Waals surface area contributed by atoms with Gasteiger partial charge >= 0.3 is 0 Å². The van der Waals surface area contributed by atoms with Gasteiger partial charge in [0.15, 0.2) is 0 Å². The molecule has 0 spiro atoms. The van der Waals surface area contributed by atoms with E-state index in [-0.39, 0.29) is 20.7 Å². The molecule has 3 rings (SSSR count). The Morgan fingerprint density at radius 1 is 0.833 bits per heavy atom. The van der Waals surface area contributed by atoms with Crippen molar-refractivity contribution in [3.05, 3.63) is 66.3 Å². The Morgan fingerprint density at radius 2 is 1.56 bits per heavy atom. The Kier molecular flexibility index (Phi) is 3.36. The van der Waals surface area contributed by atoms with E-state index in [1.165, 1.54) is 0 Å². The molecule has 18 heavy (non-hydrogen) atoms. The van der Waals surface area contributed by atoms with Crippen molar-refractivity contribution in [3.8, 4) is 0 Å². The number of nitrogens with zero attached hydrogens (tertiary/aromatic N) is 3. The predicted molar refractivity (Wildman–Crippen MR) is 83.1 cm³/mol. The quantitative estimate of drug-likeness (QED) is 0.784. The molecular formula is C14H10IN3. The Hall–Kier alpha value is -1.69. The lowest BCUT2D eigenvalue weighted by Crippen LogP contribution is -1.99. The van der Waals surface area contributed by atoms with Crippen LogP contribution in [0.5, 0.6) is 0 Å². The Morgan fingerprint density at radius 3 is 2.22 bits per heavy atom. The molecule has 0 fully saturated rings. The molecule has 1 aliphatic rings. The summed E-state index contributed by atoms with van der Waals surface area (Å²) in [7, 11) is 0.